The number of aliphatic hydroxyl groups is 7. The maximum atomic E-state index is 12.1. The number of aliphatic hydroxyl groups excluding tert-OH is 7. The number of unbranched alkanes of at least 4 members (excludes halogenated alkanes) is 6. The maximum absolute atomic E-state index is 12.1. The lowest BCUT2D eigenvalue weighted by Gasteiger charge is -2.40. The molecule has 0 spiro atoms. The Kier molecular flexibility index (Phi) is 13.4. The highest BCUT2D eigenvalue weighted by Gasteiger charge is 2.54. The third-order valence-electron chi connectivity index (χ3n) is 6.91. The molecular formula is C24H44O12. The van der Waals surface area contributed by atoms with E-state index in [2.05, 4.69) is 6.92 Å². The summed E-state index contributed by atoms with van der Waals surface area (Å²) in [5, 5.41) is 69.9. The fraction of sp³-hybridized carbons (Fsp3) is 0.958. The largest absolute Gasteiger partial charge is 0.463 e. The van der Waals surface area contributed by atoms with Crippen LogP contribution in [0.5, 0.6) is 0 Å². The summed E-state index contributed by atoms with van der Waals surface area (Å²) in [4.78, 5) is 12.1. The highest BCUT2D eigenvalue weighted by atomic mass is 16.6. The van der Waals surface area contributed by atoms with Crippen molar-refractivity contribution >= 4 is 5.97 Å². The molecule has 12 heteroatoms. The van der Waals surface area contributed by atoms with Crippen LogP contribution in [-0.4, -0.2) is 129 Å². The fourth-order valence-electron chi connectivity index (χ4n) is 4.52. The van der Waals surface area contributed by atoms with Gasteiger partial charge in [-0.2, -0.15) is 0 Å². The summed E-state index contributed by atoms with van der Waals surface area (Å²) in [5.41, 5.74) is -1.70. The molecule has 2 heterocycles. The second kappa shape index (κ2) is 15.5. The van der Waals surface area contributed by atoms with Gasteiger partial charge in [-0.05, 0) is 6.42 Å². The van der Waals surface area contributed by atoms with Gasteiger partial charge in [0.15, 0.2) is 0 Å². The Bertz CT molecular complexity index is 636. The van der Waals surface area contributed by atoms with E-state index in [1.54, 1.807) is 0 Å². The highest BCUT2D eigenvalue weighted by Crippen LogP contribution is 2.32. The first kappa shape index (κ1) is 31.3. The number of carbonyl (C=O) groups excluding carboxylic acids is 1. The first-order valence-corrected chi connectivity index (χ1v) is 12.9. The zero-order chi connectivity index (χ0) is 26.7. The molecular weight excluding hydrogens is 480 g/mol. The summed E-state index contributed by atoms with van der Waals surface area (Å²) in [6.45, 7) is -0.195. The van der Waals surface area contributed by atoms with Gasteiger partial charge >= 0.3 is 5.97 Å². The number of hydrogen-bond acceptors (Lipinski definition) is 12. The van der Waals surface area contributed by atoms with E-state index in [1.165, 1.54) is 19.3 Å². The molecule has 2 rings (SSSR count). The van der Waals surface area contributed by atoms with Gasteiger partial charge < -0.3 is 54.7 Å². The molecule has 0 aromatic heterocycles. The van der Waals surface area contributed by atoms with Crippen LogP contribution in [0, 0.1) is 0 Å². The number of hydrogen-bond donors (Lipinski definition) is 7. The van der Waals surface area contributed by atoms with Gasteiger partial charge in [-0.1, -0.05) is 45.4 Å². The van der Waals surface area contributed by atoms with Crippen molar-refractivity contribution in [3.63, 3.8) is 0 Å². The first-order valence-electron chi connectivity index (χ1n) is 12.9. The van der Waals surface area contributed by atoms with Crippen molar-refractivity contribution in [1.29, 1.82) is 0 Å². The molecule has 0 radical (unpaired) electrons. The van der Waals surface area contributed by atoms with Crippen molar-refractivity contribution < 1.29 is 59.5 Å². The van der Waals surface area contributed by atoms with Gasteiger partial charge in [0.05, 0.1) is 26.4 Å². The molecule has 12 nitrogen and oxygen atoms in total. The third kappa shape index (κ3) is 8.29. The van der Waals surface area contributed by atoms with Gasteiger partial charge in [0.2, 0.25) is 0 Å². The highest BCUT2D eigenvalue weighted by molar-refractivity contribution is 5.69. The summed E-state index contributed by atoms with van der Waals surface area (Å²) in [5.74, 6) is -0.443. The van der Waals surface area contributed by atoms with Crippen molar-refractivity contribution in [3.8, 4) is 0 Å². The van der Waals surface area contributed by atoms with E-state index in [0.717, 1.165) is 19.3 Å². The van der Waals surface area contributed by atoms with Crippen LogP contribution in [0.2, 0.25) is 0 Å². The Hall–Kier alpha value is -0.930. The van der Waals surface area contributed by atoms with Gasteiger partial charge in [0, 0.05) is 6.42 Å². The quantitative estimate of drug-likeness (QED) is 0.0902. The van der Waals surface area contributed by atoms with Gasteiger partial charge in [-0.3, -0.25) is 4.79 Å². The molecule has 212 valence electrons. The van der Waals surface area contributed by atoms with Crippen molar-refractivity contribution in [2.45, 2.75) is 113 Å². The number of ether oxygens (including phenoxy) is 4. The molecule has 0 aliphatic carbocycles. The Balaban J connectivity index is 1.78. The number of carbonyl (C=O) groups is 1. The van der Waals surface area contributed by atoms with E-state index in [-0.39, 0.29) is 19.6 Å². The molecule has 0 aromatic rings. The number of rotatable bonds is 16. The summed E-state index contributed by atoms with van der Waals surface area (Å²) in [7, 11) is 0. The molecule has 0 saturated carbocycles. The lowest BCUT2D eigenvalue weighted by Crippen LogP contribution is -2.60. The molecule has 3 unspecified atom stereocenters. The summed E-state index contributed by atoms with van der Waals surface area (Å²) < 4.78 is 21.7. The predicted molar refractivity (Wildman–Crippen MR) is 125 cm³/mol. The second-order valence-corrected chi connectivity index (χ2v) is 9.75. The average Bonchev–Trinajstić information content (AvgIpc) is 3.12. The smallest absolute Gasteiger partial charge is 0.305 e. The lowest BCUT2D eigenvalue weighted by atomic mass is 9.95. The van der Waals surface area contributed by atoms with E-state index in [4.69, 9.17) is 18.9 Å². The Morgan fingerprint density at radius 2 is 1.42 bits per heavy atom. The minimum Gasteiger partial charge on any atom is -0.463 e. The topological polar surface area (TPSA) is 196 Å². The maximum Gasteiger partial charge on any atom is 0.305 e. The van der Waals surface area contributed by atoms with Crippen molar-refractivity contribution in [3.05, 3.63) is 0 Å². The fourth-order valence-corrected chi connectivity index (χ4v) is 4.52. The van der Waals surface area contributed by atoms with Crippen molar-refractivity contribution in [1.82, 2.24) is 0 Å². The minimum absolute atomic E-state index is 0.237. The Labute approximate surface area is 211 Å². The predicted octanol–water partition coefficient (Wildman–Crippen LogP) is -1.62. The summed E-state index contributed by atoms with van der Waals surface area (Å²) in [6, 6.07) is 0. The molecule has 9 atom stereocenters. The van der Waals surface area contributed by atoms with Gasteiger partial charge in [0.1, 0.15) is 61.0 Å². The van der Waals surface area contributed by atoms with Crippen LogP contribution in [0.25, 0.3) is 0 Å². The zero-order valence-electron chi connectivity index (χ0n) is 21.0. The van der Waals surface area contributed by atoms with Gasteiger partial charge in [0.25, 0.3) is 0 Å². The molecule has 2 aliphatic rings. The second-order valence-electron chi connectivity index (χ2n) is 9.75. The van der Waals surface area contributed by atoms with Crippen LogP contribution in [0.15, 0.2) is 0 Å². The molecule has 0 bridgehead atoms. The van der Waals surface area contributed by atoms with E-state index in [0.29, 0.717) is 6.42 Å². The average molecular weight is 525 g/mol. The van der Waals surface area contributed by atoms with Crippen LogP contribution in [0.3, 0.4) is 0 Å². The summed E-state index contributed by atoms with van der Waals surface area (Å²) >= 11 is 0. The molecule has 2 saturated heterocycles. The van der Waals surface area contributed by atoms with E-state index >= 15 is 0 Å². The normalized spacial score (nSPS) is 36.8. The molecule has 0 aromatic carbocycles. The molecule has 0 amide bonds. The van der Waals surface area contributed by atoms with E-state index in [1.807, 2.05) is 0 Å². The van der Waals surface area contributed by atoms with Crippen molar-refractivity contribution in [2.75, 3.05) is 33.0 Å². The Morgan fingerprint density at radius 3 is 2.00 bits per heavy atom. The lowest BCUT2D eigenvalue weighted by molar-refractivity contribution is -0.246. The summed E-state index contributed by atoms with van der Waals surface area (Å²) in [6.07, 6.45) is -3.25. The molecule has 2 aliphatic heterocycles. The van der Waals surface area contributed by atoms with Gasteiger partial charge in [-0.25, -0.2) is 0 Å². The minimum atomic E-state index is -1.70. The van der Waals surface area contributed by atoms with E-state index < -0.39 is 80.2 Å². The van der Waals surface area contributed by atoms with Crippen LogP contribution in [0.4, 0.5) is 0 Å². The standard InChI is InChI=1S/C24H44O12/c1-2-3-4-5-6-7-8-9-18(27)34-12-17-20(29)22(31)19(28)16(35-17)11-33-14-24(13-26)23(32)21(30)15(10-25)36-24/h15-17,19-23,25-26,28-32H,2-14H2,1H3/t15-,16-,17?,19+,20-,21+,22?,23?,24-/m0/s1. The molecule has 7 N–H and O–H groups in total. The van der Waals surface area contributed by atoms with Crippen molar-refractivity contribution in [2.24, 2.45) is 0 Å². The van der Waals surface area contributed by atoms with Crippen LogP contribution in [-0.2, 0) is 23.7 Å². The van der Waals surface area contributed by atoms with Crippen LogP contribution < -0.4 is 0 Å². The van der Waals surface area contributed by atoms with Crippen LogP contribution >= 0.6 is 0 Å². The van der Waals surface area contributed by atoms with Gasteiger partial charge in [-0.15, -0.1) is 0 Å². The zero-order valence-corrected chi connectivity index (χ0v) is 21.0. The van der Waals surface area contributed by atoms with E-state index in [9.17, 15) is 40.5 Å². The SMILES string of the molecule is CCCCCCCCCC(=O)OCC1O[C@@H](COC[C@]2(CO)O[C@@H](CO)[C@@H](O)C2O)[C@@H](O)C(O)[C@H]1O. The monoisotopic (exact) mass is 524 g/mol. The molecule has 36 heavy (non-hydrogen) atoms. The third-order valence-corrected chi connectivity index (χ3v) is 6.91. The van der Waals surface area contributed by atoms with Crippen LogP contribution in [0.1, 0.15) is 58.3 Å². The first-order chi connectivity index (χ1) is 17.2. The molecule has 2 fully saturated rings. The number of esters is 1. The Morgan fingerprint density at radius 1 is 0.806 bits per heavy atom.